The maximum atomic E-state index is 12.2. The molecule has 1 unspecified atom stereocenters. The smallest absolute Gasteiger partial charge is 0.316 e. The predicted octanol–water partition coefficient (Wildman–Crippen LogP) is 2.79. The zero-order chi connectivity index (χ0) is 15.4. The fraction of sp³-hybridized carbons (Fsp3) is 0.667. The summed E-state index contributed by atoms with van der Waals surface area (Å²) in [4.78, 5) is 22.2. The number of thioether (sulfide) groups is 1. The third-order valence-corrected chi connectivity index (χ3v) is 5.66. The summed E-state index contributed by atoms with van der Waals surface area (Å²) in [5.74, 6) is 0.814. The first kappa shape index (κ1) is 15.9. The Morgan fingerprint density at radius 3 is 2.77 bits per heavy atom. The third-order valence-electron chi connectivity index (χ3n) is 4.11. The summed E-state index contributed by atoms with van der Waals surface area (Å²) in [5.41, 5.74) is 0. The van der Waals surface area contributed by atoms with E-state index in [1.54, 1.807) is 0 Å². The van der Waals surface area contributed by atoms with Crippen molar-refractivity contribution in [3.05, 3.63) is 17.4 Å². The van der Waals surface area contributed by atoms with Gasteiger partial charge in [-0.15, -0.1) is 11.8 Å². The number of aromatic nitrogens is 2. The molecule has 2 aliphatic rings. The van der Waals surface area contributed by atoms with Crippen LogP contribution in [0.5, 0.6) is 6.01 Å². The average molecular weight is 342 g/mol. The van der Waals surface area contributed by atoms with Gasteiger partial charge in [0.15, 0.2) is 0 Å². The monoisotopic (exact) mass is 341 g/mol. The molecule has 1 atom stereocenters. The van der Waals surface area contributed by atoms with E-state index in [1.165, 1.54) is 38.1 Å². The summed E-state index contributed by atoms with van der Waals surface area (Å²) in [6, 6.07) is 0.323. The summed E-state index contributed by atoms with van der Waals surface area (Å²) in [7, 11) is 0. The zero-order valence-corrected chi connectivity index (χ0v) is 14.0. The molecule has 1 amide bonds. The number of nitrogens with zero attached hydrogens (tertiary/aromatic N) is 3. The minimum absolute atomic E-state index is 0.0263. The topological polar surface area (TPSA) is 55.3 Å². The Bertz CT molecular complexity index is 508. The van der Waals surface area contributed by atoms with Crippen molar-refractivity contribution in [3.63, 3.8) is 0 Å². The lowest BCUT2D eigenvalue weighted by Crippen LogP contribution is -2.32. The molecule has 0 bridgehead atoms. The summed E-state index contributed by atoms with van der Waals surface area (Å²) < 4.78 is 5.71. The van der Waals surface area contributed by atoms with Gasteiger partial charge in [-0.05, 0) is 12.8 Å². The van der Waals surface area contributed by atoms with Gasteiger partial charge in [0.25, 0.3) is 0 Å². The van der Waals surface area contributed by atoms with Crippen LogP contribution in [0, 0.1) is 0 Å². The molecule has 7 heteroatoms. The molecule has 22 heavy (non-hydrogen) atoms. The van der Waals surface area contributed by atoms with E-state index in [9.17, 15) is 4.79 Å². The van der Waals surface area contributed by atoms with Crippen LogP contribution in [0.15, 0.2) is 12.4 Å². The highest BCUT2D eigenvalue weighted by Crippen LogP contribution is 2.29. The highest BCUT2D eigenvalue weighted by atomic mass is 35.5. The Balaban J connectivity index is 1.42. The van der Waals surface area contributed by atoms with Crippen LogP contribution in [0.25, 0.3) is 0 Å². The number of halogens is 1. The van der Waals surface area contributed by atoms with Crippen molar-refractivity contribution in [1.82, 2.24) is 14.9 Å². The highest BCUT2D eigenvalue weighted by Gasteiger charge is 2.28. The molecule has 5 nitrogen and oxygen atoms in total. The number of carbonyl (C=O) groups excluding carboxylic acids is 1. The summed E-state index contributed by atoms with van der Waals surface area (Å²) in [5, 5.41) is 1.17. The van der Waals surface area contributed by atoms with Gasteiger partial charge >= 0.3 is 6.01 Å². The molecule has 1 aliphatic carbocycles. The van der Waals surface area contributed by atoms with Gasteiger partial charge in [-0.2, -0.15) is 0 Å². The Morgan fingerprint density at radius 1 is 1.32 bits per heavy atom. The van der Waals surface area contributed by atoms with E-state index in [4.69, 9.17) is 16.3 Å². The summed E-state index contributed by atoms with van der Waals surface area (Å²) in [6.07, 6.45) is 8.97. The quantitative estimate of drug-likeness (QED) is 0.824. The maximum Gasteiger partial charge on any atom is 0.316 e. The molecule has 0 spiro atoms. The van der Waals surface area contributed by atoms with Crippen molar-refractivity contribution in [3.8, 4) is 6.01 Å². The first-order chi connectivity index (χ1) is 10.7. The fourth-order valence-electron chi connectivity index (χ4n) is 2.90. The summed E-state index contributed by atoms with van der Waals surface area (Å²) in [6.45, 7) is 1.37. The maximum absolute atomic E-state index is 12.2. The normalized spacial score (nSPS) is 22.2. The SMILES string of the molecule is O=C(CSC1CCCC1)N1CCC(Oc2ncc(Cl)cn2)C1. The Hall–Kier alpha value is -1.01. The first-order valence-electron chi connectivity index (χ1n) is 7.74. The molecule has 120 valence electrons. The van der Waals surface area contributed by atoms with Gasteiger partial charge in [0.1, 0.15) is 6.10 Å². The standard InChI is InChI=1S/C15H20ClN3O2S/c16-11-7-17-15(18-8-11)21-12-5-6-19(9-12)14(20)10-22-13-3-1-2-4-13/h7-8,12-13H,1-6,9-10H2. The number of hydrogen-bond acceptors (Lipinski definition) is 5. The molecule has 2 heterocycles. The van der Waals surface area contributed by atoms with Crippen molar-refractivity contribution in [1.29, 1.82) is 0 Å². The van der Waals surface area contributed by atoms with E-state index in [0.29, 0.717) is 28.6 Å². The van der Waals surface area contributed by atoms with Gasteiger partial charge in [0.05, 0.1) is 29.7 Å². The molecule has 3 rings (SSSR count). The van der Waals surface area contributed by atoms with Gasteiger partial charge < -0.3 is 9.64 Å². The van der Waals surface area contributed by atoms with Gasteiger partial charge in [-0.3, -0.25) is 4.79 Å². The minimum atomic E-state index is -0.0263. The van der Waals surface area contributed by atoms with Crippen LogP contribution in [0.4, 0.5) is 0 Å². The molecular weight excluding hydrogens is 322 g/mol. The van der Waals surface area contributed by atoms with E-state index in [-0.39, 0.29) is 12.0 Å². The number of hydrogen-bond donors (Lipinski definition) is 0. The number of likely N-dealkylation sites (tertiary alicyclic amines) is 1. The van der Waals surface area contributed by atoms with Crippen LogP contribution in [0.1, 0.15) is 32.1 Å². The Kier molecular flexibility index (Phi) is 5.41. The number of amides is 1. The lowest BCUT2D eigenvalue weighted by Gasteiger charge is -2.17. The van der Waals surface area contributed by atoms with Gasteiger partial charge in [-0.1, -0.05) is 24.4 Å². The van der Waals surface area contributed by atoms with Crippen molar-refractivity contribution >= 4 is 29.3 Å². The van der Waals surface area contributed by atoms with Crippen LogP contribution in [0.2, 0.25) is 5.02 Å². The van der Waals surface area contributed by atoms with Crippen molar-refractivity contribution in [2.75, 3.05) is 18.8 Å². The molecule has 1 aromatic rings. The molecule has 1 saturated heterocycles. The molecule has 2 fully saturated rings. The van der Waals surface area contributed by atoms with Crippen LogP contribution in [-0.4, -0.2) is 51.0 Å². The molecule has 0 N–H and O–H groups in total. The van der Waals surface area contributed by atoms with E-state index in [0.717, 1.165) is 13.0 Å². The Morgan fingerprint density at radius 2 is 2.05 bits per heavy atom. The molecule has 0 radical (unpaired) electrons. The van der Waals surface area contributed by atoms with E-state index < -0.39 is 0 Å². The molecule has 1 aromatic heterocycles. The second-order valence-corrected chi connectivity index (χ2v) is 7.49. The van der Waals surface area contributed by atoms with Crippen LogP contribution >= 0.6 is 23.4 Å². The second-order valence-electron chi connectivity index (χ2n) is 5.77. The predicted molar refractivity (Wildman–Crippen MR) is 87.4 cm³/mol. The zero-order valence-electron chi connectivity index (χ0n) is 12.4. The van der Waals surface area contributed by atoms with Crippen molar-refractivity contribution in [2.24, 2.45) is 0 Å². The average Bonchev–Trinajstić information content (AvgIpc) is 3.19. The third kappa shape index (κ3) is 4.26. The van der Waals surface area contributed by atoms with E-state index in [1.807, 2.05) is 16.7 Å². The number of rotatable bonds is 5. The lowest BCUT2D eigenvalue weighted by atomic mass is 10.3. The molecule has 1 aliphatic heterocycles. The van der Waals surface area contributed by atoms with Crippen LogP contribution in [0.3, 0.4) is 0 Å². The highest BCUT2D eigenvalue weighted by molar-refractivity contribution is 8.00. The Labute approximate surface area is 139 Å². The van der Waals surface area contributed by atoms with E-state index >= 15 is 0 Å². The summed E-state index contributed by atoms with van der Waals surface area (Å²) >= 11 is 7.56. The van der Waals surface area contributed by atoms with Gasteiger partial charge in [0, 0.05) is 18.2 Å². The van der Waals surface area contributed by atoms with Gasteiger partial charge in [0.2, 0.25) is 5.91 Å². The fourth-order valence-corrected chi connectivity index (χ4v) is 4.22. The van der Waals surface area contributed by atoms with Crippen molar-refractivity contribution < 1.29 is 9.53 Å². The molecule has 1 saturated carbocycles. The largest absolute Gasteiger partial charge is 0.458 e. The van der Waals surface area contributed by atoms with Crippen molar-refractivity contribution in [2.45, 2.75) is 43.5 Å². The molecular formula is C15H20ClN3O2S. The first-order valence-corrected chi connectivity index (χ1v) is 9.17. The van der Waals surface area contributed by atoms with E-state index in [2.05, 4.69) is 9.97 Å². The number of carbonyl (C=O) groups is 1. The van der Waals surface area contributed by atoms with Crippen LogP contribution in [-0.2, 0) is 4.79 Å². The van der Waals surface area contributed by atoms with Gasteiger partial charge in [-0.25, -0.2) is 9.97 Å². The second kappa shape index (κ2) is 7.51. The molecule has 0 aromatic carbocycles. The minimum Gasteiger partial charge on any atom is -0.458 e. The number of ether oxygens (including phenoxy) is 1. The van der Waals surface area contributed by atoms with Crippen LogP contribution < -0.4 is 4.74 Å². The lowest BCUT2D eigenvalue weighted by molar-refractivity contribution is -0.127.